The molecule has 0 radical (unpaired) electrons. The molecule has 0 saturated heterocycles. The number of aliphatic hydroxyl groups excluding tert-OH is 1. The molecule has 1 aromatic carbocycles. The number of nitrogens with one attached hydrogen (secondary N) is 1. The van der Waals surface area contributed by atoms with Crippen molar-refractivity contribution in [2.75, 3.05) is 34.0 Å². The van der Waals surface area contributed by atoms with Crippen molar-refractivity contribution in [3.8, 4) is 0 Å². The number of hydrogen-bond donors (Lipinski definition) is 2. The van der Waals surface area contributed by atoms with Crippen LogP contribution in [0.1, 0.15) is 28.9 Å². The third kappa shape index (κ3) is 4.98. The Morgan fingerprint density at radius 2 is 2.00 bits per heavy atom. The van der Waals surface area contributed by atoms with Gasteiger partial charge in [-0.15, -0.1) is 0 Å². The smallest absolute Gasteiger partial charge is 0.253 e. The Kier molecular flexibility index (Phi) is 6.49. The highest BCUT2D eigenvalue weighted by molar-refractivity contribution is 5.93. The van der Waals surface area contributed by atoms with Crippen molar-refractivity contribution in [3.63, 3.8) is 0 Å². The standard InChI is InChI=1S/C14H22N2O3/c1-4-19-10-15-9-13(17)11-5-7-12(8-6-11)14(18)16(2)3/h5-8,13,15,17H,4,9-10H2,1-3H3. The van der Waals surface area contributed by atoms with Crippen LogP contribution in [-0.2, 0) is 4.74 Å². The average Bonchev–Trinajstić information content (AvgIpc) is 2.42. The summed E-state index contributed by atoms with van der Waals surface area (Å²) in [5.74, 6) is -0.0458. The lowest BCUT2D eigenvalue weighted by Crippen LogP contribution is -2.24. The lowest BCUT2D eigenvalue weighted by atomic mass is 10.1. The highest BCUT2D eigenvalue weighted by atomic mass is 16.5. The average molecular weight is 266 g/mol. The minimum absolute atomic E-state index is 0.0458. The first-order valence-electron chi connectivity index (χ1n) is 6.34. The van der Waals surface area contributed by atoms with Gasteiger partial charge in [0.15, 0.2) is 0 Å². The molecule has 0 aromatic heterocycles. The van der Waals surface area contributed by atoms with Crippen molar-refractivity contribution in [1.82, 2.24) is 10.2 Å². The SMILES string of the molecule is CCOCNCC(O)c1ccc(C(=O)N(C)C)cc1. The summed E-state index contributed by atoms with van der Waals surface area (Å²) in [6.45, 7) is 3.40. The van der Waals surface area contributed by atoms with E-state index in [4.69, 9.17) is 4.74 Å². The molecule has 0 saturated carbocycles. The Bertz CT molecular complexity index is 390. The maximum Gasteiger partial charge on any atom is 0.253 e. The third-order valence-corrected chi connectivity index (χ3v) is 2.69. The van der Waals surface area contributed by atoms with E-state index in [9.17, 15) is 9.90 Å². The number of aliphatic hydroxyl groups is 1. The van der Waals surface area contributed by atoms with Crippen LogP contribution in [0.25, 0.3) is 0 Å². The van der Waals surface area contributed by atoms with Gasteiger partial charge in [0.25, 0.3) is 5.91 Å². The second-order valence-corrected chi connectivity index (χ2v) is 4.43. The Labute approximate surface area is 114 Å². The molecule has 0 spiro atoms. The van der Waals surface area contributed by atoms with Gasteiger partial charge in [0.05, 0.1) is 12.8 Å². The number of nitrogens with zero attached hydrogens (tertiary/aromatic N) is 1. The topological polar surface area (TPSA) is 61.8 Å². The summed E-state index contributed by atoms with van der Waals surface area (Å²) in [6, 6.07) is 6.99. The predicted molar refractivity (Wildman–Crippen MR) is 73.9 cm³/mol. The Hall–Kier alpha value is -1.43. The molecule has 1 rings (SSSR count). The number of rotatable bonds is 7. The number of amides is 1. The van der Waals surface area contributed by atoms with E-state index >= 15 is 0 Å². The van der Waals surface area contributed by atoms with Crippen molar-refractivity contribution >= 4 is 5.91 Å². The minimum atomic E-state index is -0.607. The molecule has 0 aliphatic carbocycles. The first-order valence-corrected chi connectivity index (χ1v) is 6.34. The van der Waals surface area contributed by atoms with Crippen molar-refractivity contribution in [1.29, 1.82) is 0 Å². The van der Waals surface area contributed by atoms with Crippen molar-refractivity contribution in [3.05, 3.63) is 35.4 Å². The molecule has 1 aromatic rings. The summed E-state index contributed by atoms with van der Waals surface area (Å²) in [5, 5.41) is 12.9. The molecule has 5 heteroatoms. The van der Waals surface area contributed by atoms with E-state index in [0.29, 0.717) is 25.4 Å². The van der Waals surface area contributed by atoms with Gasteiger partial charge in [0, 0.05) is 32.8 Å². The van der Waals surface area contributed by atoms with E-state index in [1.165, 1.54) is 4.90 Å². The van der Waals surface area contributed by atoms with E-state index in [-0.39, 0.29) is 5.91 Å². The van der Waals surface area contributed by atoms with Crippen LogP contribution in [0.2, 0.25) is 0 Å². The summed E-state index contributed by atoms with van der Waals surface area (Å²) in [6.07, 6.45) is -0.607. The van der Waals surface area contributed by atoms with Crippen molar-refractivity contribution in [2.45, 2.75) is 13.0 Å². The van der Waals surface area contributed by atoms with Gasteiger partial charge in [-0.1, -0.05) is 12.1 Å². The van der Waals surface area contributed by atoms with Crippen LogP contribution in [0.15, 0.2) is 24.3 Å². The summed E-state index contributed by atoms with van der Waals surface area (Å²) >= 11 is 0. The summed E-state index contributed by atoms with van der Waals surface area (Å²) in [4.78, 5) is 13.2. The maximum absolute atomic E-state index is 11.7. The Morgan fingerprint density at radius 1 is 1.37 bits per heavy atom. The second kappa shape index (κ2) is 7.89. The molecular weight excluding hydrogens is 244 g/mol. The van der Waals surface area contributed by atoms with Gasteiger partial charge in [-0.2, -0.15) is 0 Å². The zero-order valence-corrected chi connectivity index (χ0v) is 11.7. The van der Waals surface area contributed by atoms with Gasteiger partial charge in [-0.25, -0.2) is 0 Å². The molecule has 0 aliphatic heterocycles. The normalized spacial score (nSPS) is 12.2. The molecule has 2 N–H and O–H groups in total. The minimum Gasteiger partial charge on any atom is -0.387 e. The first-order chi connectivity index (χ1) is 9.06. The van der Waals surface area contributed by atoms with Gasteiger partial charge < -0.3 is 14.7 Å². The van der Waals surface area contributed by atoms with E-state index < -0.39 is 6.10 Å². The number of ether oxygens (including phenoxy) is 1. The highest BCUT2D eigenvalue weighted by Crippen LogP contribution is 2.13. The van der Waals surface area contributed by atoms with E-state index in [2.05, 4.69) is 5.32 Å². The number of benzene rings is 1. The van der Waals surface area contributed by atoms with Gasteiger partial charge >= 0.3 is 0 Å². The Balaban J connectivity index is 2.53. The highest BCUT2D eigenvalue weighted by Gasteiger charge is 2.10. The largest absolute Gasteiger partial charge is 0.387 e. The van der Waals surface area contributed by atoms with Crippen molar-refractivity contribution < 1.29 is 14.6 Å². The van der Waals surface area contributed by atoms with Crippen LogP contribution in [0.3, 0.4) is 0 Å². The van der Waals surface area contributed by atoms with Crippen LogP contribution in [0.4, 0.5) is 0 Å². The van der Waals surface area contributed by atoms with Crippen LogP contribution >= 0.6 is 0 Å². The molecule has 1 atom stereocenters. The maximum atomic E-state index is 11.7. The Morgan fingerprint density at radius 3 is 2.53 bits per heavy atom. The molecule has 0 fully saturated rings. The third-order valence-electron chi connectivity index (χ3n) is 2.69. The quantitative estimate of drug-likeness (QED) is 0.571. The number of hydrogen-bond acceptors (Lipinski definition) is 4. The molecule has 1 amide bonds. The molecule has 1 unspecified atom stereocenters. The van der Waals surface area contributed by atoms with E-state index in [1.54, 1.807) is 38.4 Å². The molecule has 0 aliphatic rings. The number of carbonyl (C=O) groups excluding carboxylic acids is 1. The zero-order valence-electron chi connectivity index (χ0n) is 11.7. The van der Waals surface area contributed by atoms with Crippen molar-refractivity contribution in [2.24, 2.45) is 0 Å². The van der Waals surface area contributed by atoms with E-state index in [1.807, 2.05) is 6.92 Å². The monoisotopic (exact) mass is 266 g/mol. The summed E-state index contributed by atoms with van der Waals surface area (Å²) in [5.41, 5.74) is 1.39. The lowest BCUT2D eigenvalue weighted by Gasteiger charge is -2.14. The fourth-order valence-electron chi connectivity index (χ4n) is 1.59. The molecule has 19 heavy (non-hydrogen) atoms. The van der Waals surface area contributed by atoms with Gasteiger partial charge in [-0.3, -0.25) is 10.1 Å². The van der Waals surface area contributed by atoms with Gasteiger partial charge in [0.1, 0.15) is 0 Å². The van der Waals surface area contributed by atoms with E-state index in [0.717, 1.165) is 5.56 Å². The summed E-state index contributed by atoms with van der Waals surface area (Å²) < 4.78 is 5.12. The number of carbonyl (C=O) groups is 1. The van der Waals surface area contributed by atoms with Crippen LogP contribution < -0.4 is 5.32 Å². The molecule has 0 heterocycles. The van der Waals surface area contributed by atoms with Gasteiger partial charge in [0.2, 0.25) is 0 Å². The van der Waals surface area contributed by atoms with Crippen LogP contribution in [0, 0.1) is 0 Å². The molecular formula is C14H22N2O3. The lowest BCUT2D eigenvalue weighted by molar-refractivity contribution is 0.0827. The molecule has 0 bridgehead atoms. The first kappa shape index (κ1) is 15.6. The van der Waals surface area contributed by atoms with Gasteiger partial charge in [-0.05, 0) is 24.6 Å². The van der Waals surface area contributed by atoms with Crippen LogP contribution in [0.5, 0.6) is 0 Å². The van der Waals surface area contributed by atoms with Crippen LogP contribution in [-0.4, -0.2) is 49.9 Å². The molecule has 106 valence electrons. The fraction of sp³-hybridized carbons (Fsp3) is 0.500. The predicted octanol–water partition coefficient (Wildman–Crippen LogP) is 1.01. The summed E-state index contributed by atoms with van der Waals surface area (Å²) in [7, 11) is 3.42. The fourth-order valence-corrected chi connectivity index (χ4v) is 1.59. The second-order valence-electron chi connectivity index (χ2n) is 4.43. The zero-order chi connectivity index (χ0) is 14.3. The molecule has 5 nitrogen and oxygen atoms in total.